The van der Waals surface area contributed by atoms with Gasteiger partial charge in [-0.2, -0.15) is 15.4 Å². The molecule has 0 spiro atoms. The lowest BCUT2D eigenvalue weighted by Crippen LogP contribution is -2.01. The van der Waals surface area contributed by atoms with Crippen LogP contribution in [0.1, 0.15) is 17.4 Å². The molecule has 2 N–H and O–H groups in total. The Kier molecular flexibility index (Phi) is 2.31. The molecule has 3 aromatic rings. The zero-order chi connectivity index (χ0) is 11.7. The third kappa shape index (κ3) is 1.66. The predicted molar refractivity (Wildman–Crippen MR) is 62.2 cm³/mol. The summed E-state index contributed by atoms with van der Waals surface area (Å²) in [5.74, 6) is 0. The Morgan fingerprint density at radius 2 is 2.06 bits per heavy atom. The van der Waals surface area contributed by atoms with Crippen molar-refractivity contribution in [1.82, 2.24) is 20.4 Å². The first kappa shape index (κ1) is 9.92. The first-order valence-electron chi connectivity index (χ1n) is 5.23. The SMILES string of the molecule is OC(c1cn[nH]n1)c1cccc2cccnc12. The van der Waals surface area contributed by atoms with Crippen LogP contribution < -0.4 is 0 Å². The van der Waals surface area contributed by atoms with Gasteiger partial charge in [-0.1, -0.05) is 24.3 Å². The fourth-order valence-electron chi connectivity index (χ4n) is 1.85. The van der Waals surface area contributed by atoms with Crippen molar-refractivity contribution in [3.05, 3.63) is 54.0 Å². The van der Waals surface area contributed by atoms with Gasteiger partial charge in [-0.05, 0) is 6.07 Å². The number of H-pyrrole nitrogens is 1. The standard InChI is InChI=1S/C12H10N4O/c17-12(10-7-14-16-15-10)9-5-1-3-8-4-2-6-13-11(8)9/h1-7,12,17H,(H,14,15,16). The minimum atomic E-state index is -0.813. The van der Waals surface area contributed by atoms with Crippen molar-refractivity contribution >= 4 is 10.9 Å². The zero-order valence-electron chi connectivity index (χ0n) is 8.91. The van der Waals surface area contributed by atoms with Gasteiger partial charge in [-0.15, -0.1) is 0 Å². The van der Waals surface area contributed by atoms with Gasteiger partial charge in [0.1, 0.15) is 11.8 Å². The van der Waals surface area contributed by atoms with Crippen LogP contribution in [0.25, 0.3) is 10.9 Å². The molecule has 3 rings (SSSR count). The van der Waals surface area contributed by atoms with Crippen molar-refractivity contribution in [2.24, 2.45) is 0 Å². The van der Waals surface area contributed by atoms with E-state index >= 15 is 0 Å². The fourth-order valence-corrected chi connectivity index (χ4v) is 1.85. The van der Waals surface area contributed by atoms with Crippen molar-refractivity contribution < 1.29 is 5.11 Å². The summed E-state index contributed by atoms with van der Waals surface area (Å²) in [4.78, 5) is 4.29. The van der Waals surface area contributed by atoms with Crippen molar-refractivity contribution in [2.45, 2.75) is 6.10 Å². The Hall–Kier alpha value is -2.27. The van der Waals surface area contributed by atoms with Crippen LogP contribution in [0.5, 0.6) is 0 Å². The number of para-hydroxylation sites is 1. The normalized spacial score (nSPS) is 12.8. The highest BCUT2D eigenvalue weighted by Crippen LogP contribution is 2.25. The van der Waals surface area contributed by atoms with Crippen molar-refractivity contribution in [1.29, 1.82) is 0 Å². The molecule has 2 heterocycles. The molecule has 1 unspecified atom stereocenters. The summed E-state index contributed by atoms with van der Waals surface area (Å²) in [6, 6.07) is 9.52. The molecule has 1 atom stereocenters. The molecule has 84 valence electrons. The second kappa shape index (κ2) is 3.95. The molecular formula is C12H10N4O. The quantitative estimate of drug-likeness (QED) is 0.693. The van der Waals surface area contributed by atoms with E-state index < -0.39 is 6.10 Å². The van der Waals surface area contributed by atoms with E-state index in [0.29, 0.717) is 5.69 Å². The first-order valence-corrected chi connectivity index (χ1v) is 5.23. The van der Waals surface area contributed by atoms with Crippen LogP contribution >= 0.6 is 0 Å². The third-order valence-electron chi connectivity index (χ3n) is 2.67. The molecule has 0 aliphatic heterocycles. The molecule has 0 aliphatic carbocycles. The summed E-state index contributed by atoms with van der Waals surface area (Å²) in [6.45, 7) is 0. The zero-order valence-corrected chi connectivity index (χ0v) is 8.91. The summed E-state index contributed by atoms with van der Waals surface area (Å²) in [5, 5.41) is 21.3. The van der Waals surface area contributed by atoms with Crippen LogP contribution in [0.15, 0.2) is 42.7 Å². The Balaban J connectivity index is 2.17. The Morgan fingerprint density at radius 1 is 1.18 bits per heavy atom. The van der Waals surface area contributed by atoms with Gasteiger partial charge in [-0.25, -0.2) is 0 Å². The Morgan fingerprint density at radius 3 is 2.88 bits per heavy atom. The highest BCUT2D eigenvalue weighted by atomic mass is 16.3. The number of benzene rings is 1. The van der Waals surface area contributed by atoms with Gasteiger partial charge < -0.3 is 5.11 Å². The van der Waals surface area contributed by atoms with E-state index in [1.54, 1.807) is 6.20 Å². The van der Waals surface area contributed by atoms with Gasteiger partial charge in [0.2, 0.25) is 0 Å². The maximum absolute atomic E-state index is 10.2. The fraction of sp³-hybridized carbons (Fsp3) is 0.0833. The number of pyridine rings is 1. The second-order valence-corrected chi connectivity index (χ2v) is 3.72. The van der Waals surface area contributed by atoms with E-state index in [0.717, 1.165) is 16.5 Å². The third-order valence-corrected chi connectivity index (χ3v) is 2.67. The minimum absolute atomic E-state index is 0.489. The van der Waals surface area contributed by atoms with Crippen LogP contribution in [0.4, 0.5) is 0 Å². The Bertz CT molecular complexity index is 631. The molecule has 17 heavy (non-hydrogen) atoms. The van der Waals surface area contributed by atoms with E-state index in [2.05, 4.69) is 20.4 Å². The van der Waals surface area contributed by atoms with Crippen LogP contribution in [0, 0.1) is 0 Å². The lowest BCUT2D eigenvalue weighted by Gasteiger charge is -2.09. The summed E-state index contributed by atoms with van der Waals surface area (Å²) in [6.07, 6.45) is 2.40. The number of hydrogen-bond donors (Lipinski definition) is 2. The molecule has 0 fully saturated rings. The number of hydrogen-bond acceptors (Lipinski definition) is 4. The van der Waals surface area contributed by atoms with Gasteiger partial charge in [-0.3, -0.25) is 4.98 Å². The summed E-state index contributed by atoms with van der Waals surface area (Å²) in [7, 11) is 0. The van der Waals surface area contributed by atoms with E-state index in [4.69, 9.17) is 0 Å². The molecule has 5 nitrogen and oxygen atoms in total. The molecule has 0 radical (unpaired) electrons. The summed E-state index contributed by atoms with van der Waals surface area (Å²) in [5.41, 5.74) is 2.01. The number of aromatic nitrogens is 4. The van der Waals surface area contributed by atoms with Crippen molar-refractivity contribution in [3.8, 4) is 0 Å². The number of aliphatic hydroxyl groups excluding tert-OH is 1. The molecule has 0 amide bonds. The van der Waals surface area contributed by atoms with Gasteiger partial charge in [0.15, 0.2) is 0 Å². The maximum Gasteiger partial charge on any atom is 0.127 e. The van der Waals surface area contributed by atoms with Crippen LogP contribution in [0.3, 0.4) is 0 Å². The molecule has 0 aliphatic rings. The van der Waals surface area contributed by atoms with E-state index in [-0.39, 0.29) is 0 Å². The number of nitrogens with one attached hydrogen (secondary N) is 1. The lowest BCUT2D eigenvalue weighted by molar-refractivity contribution is 0.216. The van der Waals surface area contributed by atoms with E-state index in [9.17, 15) is 5.11 Å². The molecule has 0 saturated heterocycles. The molecule has 2 aromatic heterocycles. The monoisotopic (exact) mass is 226 g/mol. The van der Waals surface area contributed by atoms with Crippen molar-refractivity contribution in [3.63, 3.8) is 0 Å². The van der Waals surface area contributed by atoms with Crippen LogP contribution in [-0.4, -0.2) is 25.5 Å². The predicted octanol–water partition coefficient (Wildman–Crippen LogP) is 1.43. The van der Waals surface area contributed by atoms with Gasteiger partial charge in [0.05, 0.1) is 11.7 Å². The number of rotatable bonds is 2. The van der Waals surface area contributed by atoms with Gasteiger partial charge in [0, 0.05) is 17.1 Å². The maximum atomic E-state index is 10.2. The summed E-state index contributed by atoms with van der Waals surface area (Å²) >= 11 is 0. The highest BCUT2D eigenvalue weighted by molar-refractivity contribution is 5.82. The van der Waals surface area contributed by atoms with E-state index in [1.165, 1.54) is 6.20 Å². The van der Waals surface area contributed by atoms with Crippen LogP contribution in [0.2, 0.25) is 0 Å². The Labute approximate surface area is 97.1 Å². The van der Waals surface area contributed by atoms with Crippen molar-refractivity contribution in [2.75, 3.05) is 0 Å². The smallest absolute Gasteiger partial charge is 0.127 e. The van der Waals surface area contributed by atoms with E-state index in [1.807, 2.05) is 30.3 Å². The second-order valence-electron chi connectivity index (χ2n) is 3.72. The molecule has 0 saturated carbocycles. The topological polar surface area (TPSA) is 74.7 Å². The number of aromatic amines is 1. The first-order chi connectivity index (χ1) is 8.36. The van der Waals surface area contributed by atoms with Gasteiger partial charge >= 0.3 is 0 Å². The van der Waals surface area contributed by atoms with Crippen LogP contribution in [-0.2, 0) is 0 Å². The lowest BCUT2D eigenvalue weighted by atomic mass is 10.0. The largest absolute Gasteiger partial charge is 0.382 e. The molecule has 1 aromatic carbocycles. The number of aliphatic hydroxyl groups is 1. The number of fused-ring (bicyclic) bond motifs is 1. The average molecular weight is 226 g/mol. The number of nitrogens with zero attached hydrogens (tertiary/aromatic N) is 3. The molecular weight excluding hydrogens is 216 g/mol. The van der Waals surface area contributed by atoms with Gasteiger partial charge in [0.25, 0.3) is 0 Å². The minimum Gasteiger partial charge on any atom is -0.382 e. The molecule has 0 bridgehead atoms. The molecule has 5 heteroatoms. The summed E-state index contributed by atoms with van der Waals surface area (Å²) < 4.78 is 0. The highest BCUT2D eigenvalue weighted by Gasteiger charge is 2.16. The average Bonchev–Trinajstić information content (AvgIpc) is 2.91.